The Morgan fingerprint density at radius 1 is 1.25 bits per heavy atom. The molecule has 1 N–H and O–H groups in total. The lowest BCUT2D eigenvalue weighted by atomic mass is 10.3. The lowest BCUT2D eigenvalue weighted by molar-refractivity contribution is 0.00920. The third-order valence-electron chi connectivity index (χ3n) is 2.23. The molecule has 1 unspecified atom stereocenters. The van der Waals surface area contributed by atoms with Crippen molar-refractivity contribution >= 4 is 5.69 Å². The van der Waals surface area contributed by atoms with Crippen LogP contribution < -0.4 is 5.32 Å². The number of ether oxygens (including phenoxy) is 2. The van der Waals surface area contributed by atoms with Crippen molar-refractivity contribution in [3.8, 4) is 0 Å². The van der Waals surface area contributed by atoms with Crippen molar-refractivity contribution in [2.24, 2.45) is 0 Å². The molecule has 1 aromatic carbocycles. The van der Waals surface area contributed by atoms with Gasteiger partial charge in [-0.3, -0.25) is 0 Å². The highest BCUT2D eigenvalue weighted by Crippen LogP contribution is 2.04. The van der Waals surface area contributed by atoms with Crippen molar-refractivity contribution in [2.75, 3.05) is 32.2 Å². The minimum absolute atomic E-state index is 0.182. The summed E-state index contributed by atoms with van der Waals surface area (Å²) in [5.41, 5.74) is 1.16. The van der Waals surface area contributed by atoms with Gasteiger partial charge in [0.1, 0.15) is 0 Å². The first-order valence-corrected chi connectivity index (χ1v) is 5.72. The summed E-state index contributed by atoms with van der Waals surface area (Å²) in [7, 11) is 1.69. The summed E-state index contributed by atoms with van der Waals surface area (Å²) in [4.78, 5) is 0. The van der Waals surface area contributed by atoms with Gasteiger partial charge in [-0.2, -0.15) is 0 Å². The standard InChI is InChI=1S/C13H21NO2/c1-12(11-15-2)16-10-6-9-14-13-7-4-3-5-8-13/h3-5,7-8,12,14H,6,9-11H2,1-2H3. The van der Waals surface area contributed by atoms with Crippen molar-refractivity contribution in [3.63, 3.8) is 0 Å². The van der Waals surface area contributed by atoms with Gasteiger partial charge in [0.05, 0.1) is 12.7 Å². The zero-order valence-electron chi connectivity index (χ0n) is 10.1. The zero-order chi connectivity index (χ0) is 11.6. The van der Waals surface area contributed by atoms with Gasteiger partial charge in [0.25, 0.3) is 0 Å². The normalized spacial score (nSPS) is 12.4. The largest absolute Gasteiger partial charge is 0.385 e. The van der Waals surface area contributed by atoms with Gasteiger partial charge in [-0.25, -0.2) is 0 Å². The summed E-state index contributed by atoms with van der Waals surface area (Å²) in [6.45, 7) is 4.38. The van der Waals surface area contributed by atoms with Crippen LogP contribution in [0.4, 0.5) is 5.69 Å². The van der Waals surface area contributed by atoms with Crippen LogP contribution in [0.15, 0.2) is 30.3 Å². The molecule has 0 amide bonds. The molecule has 0 heterocycles. The van der Waals surface area contributed by atoms with E-state index in [2.05, 4.69) is 17.4 Å². The Labute approximate surface area is 97.8 Å². The van der Waals surface area contributed by atoms with Crippen LogP contribution in [0.5, 0.6) is 0 Å². The van der Waals surface area contributed by atoms with Gasteiger partial charge >= 0.3 is 0 Å². The van der Waals surface area contributed by atoms with Crippen LogP contribution in [-0.2, 0) is 9.47 Å². The van der Waals surface area contributed by atoms with Gasteiger partial charge in [0.2, 0.25) is 0 Å². The molecule has 0 radical (unpaired) electrons. The van der Waals surface area contributed by atoms with Crippen LogP contribution in [-0.4, -0.2) is 33.0 Å². The molecule has 0 saturated heterocycles. The Morgan fingerprint density at radius 3 is 2.69 bits per heavy atom. The first-order valence-electron chi connectivity index (χ1n) is 5.72. The third kappa shape index (κ3) is 5.73. The van der Waals surface area contributed by atoms with Gasteiger partial charge in [-0.1, -0.05) is 18.2 Å². The fourth-order valence-electron chi connectivity index (χ4n) is 1.43. The average Bonchev–Trinajstić information content (AvgIpc) is 2.30. The molecule has 1 rings (SSSR count). The molecule has 1 atom stereocenters. The van der Waals surface area contributed by atoms with E-state index in [1.54, 1.807) is 7.11 Å². The number of methoxy groups -OCH3 is 1. The van der Waals surface area contributed by atoms with Gasteiger partial charge in [-0.15, -0.1) is 0 Å². The molecular formula is C13H21NO2. The number of benzene rings is 1. The van der Waals surface area contributed by atoms with Crippen molar-refractivity contribution < 1.29 is 9.47 Å². The molecule has 0 spiro atoms. The summed E-state index contributed by atoms with van der Waals surface area (Å²) in [5, 5.41) is 3.34. The highest BCUT2D eigenvalue weighted by Gasteiger charge is 1.99. The van der Waals surface area contributed by atoms with E-state index in [1.807, 2.05) is 25.1 Å². The molecule has 3 nitrogen and oxygen atoms in total. The molecule has 90 valence electrons. The number of para-hydroxylation sites is 1. The molecular weight excluding hydrogens is 202 g/mol. The predicted octanol–water partition coefficient (Wildman–Crippen LogP) is 2.54. The maximum Gasteiger partial charge on any atom is 0.0780 e. The molecule has 0 aromatic heterocycles. The van der Waals surface area contributed by atoms with E-state index in [1.165, 1.54) is 0 Å². The van der Waals surface area contributed by atoms with Crippen molar-refractivity contribution in [2.45, 2.75) is 19.4 Å². The van der Waals surface area contributed by atoms with E-state index in [0.29, 0.717) is 6.61 Å². The van der Waals surface area contributed by atoms with Crippen LogP contribution in [0.3, 0.4) is 0 Å². The van der Waals surface area contributed by atoms with Gasteiger partial charge in [-0.05, 0) is 25.5 Å². The highest BCUT2D eigenvalue weighted by molar-refractivity contribution is 5.42. The SMILES string of the molecule is COCC(C)OCCCNc1ccccc1. The second-order valence-electron chi connectivity index (χ2n) is 3.78. The monoisotopic (exact) mass is 223 g/mol. The summed E-state index contributed by atoms with van der Waals surface area (Å²) < 4.78 is 10.5. The Kier molecular flexibility index (Phi) is 6.61. The second-order valence-corrected chi connectivity index (χ2v) is 3.78. The molecule has 0 fully saturated rings. The van der Waals surface area contributed by atoms with Gasteiger partial charge < -0.3 is 14.8 Å². The summed E-state index contributed by atoms with van der Waals surface area (Å²) in [5.74, 6) is 0. The molecule has 0 saturated carbocycles. The fraction of sp³-hybridized carbons (Fsp3) is 0.538. The van der Waals surface area contributed by atoms with Gasteiger partial charge in [0.15, 0.2) is 0 Å². The summed E-state index contributed by atoms with van der Waals surface area (Å²) in [6.07, 6.45) is 1.19. The van der Waals surface area contributed by atoms with E-state index in [0.717, 1.165) is 25.3 Å². The molecule has 0 aliphatic carbocycles. The molecule has 0 aliphatic heterocycles. The number of nitrogens with one attached hydrogen (secondary N) is 1. The minimum atomic E-state index is 0.182. The number of hydrogen-bond acceptors (Lipinski definition) is 3. The number of rotatable bonds is 8. The maximum absolute atomic E-state index is 5.56. The van der Waals surface area contributed by atoms with Crippen molar-refractivity contribution in [1.29, 1.82) is 0 Å². The number of hydrogen-bond donors (Lipinski definition) is 1. The van der Waals surface area contributed by atoms with E-state index in [-0.39, 0.29) is 6.10 Å². The molecule has 0 bridgehead atoms. The van der Waals surface area contributed by atoms with Crippen LogP contribution >= 0.6 is 0 Å². The molecule has 3 heteroatoms. The molecule has 0 aliphatic rings. The average molecular weight is 223 g/mol. The van der Waals surface area contributed by atoms with Crippen molar-refractivity contribution in [3.05, 3.63) is 30.3 Å². The van der Waals surface area contributed by atoms with Gasteiger partial charge in [0, 0.05) is 25.9 Å². The fourth-order valence-corrected chi connectivity index (χ4v) is 1.43. The Morgan fingerprint density at radius 2 is 2.00 bits per heavy atom. The summed E-state index contributed by atoms with van der Waals surface area (Å²) in [6, 6.07) is 10.2. The third-order valence-corrected chi connectivity index (χ3v) is 2.23. The van der Waals surface area contributed by atoms with E-state index in [9.17, 15) is 0 Å². The van der Waals surface area contributed by atoms with Crippen molar-refractivity contribution in [1.82, 2.24) is 0 Å². The lowest BCUT2D eigenvalue weighted by Crippen LogP contribution is -2.16. The Hall–Kier alpha value is -1.06. The Bertz CT molecular complexity index is 264. The smallest absolute Gasteiger partial charge is 0.0780 e. The van der Waals surface area contributed by atoms with Crippen LogP contribution in [0.2, 0.25) is 0 Å². The highest BCUT2D eigenvalue weighted by atomic mass is 16.5. The topological polar surface area (TPSA) is 30.5 Å². The second kappa shape index (κ2) is 8.13. The lowest BCUT2D eigenvalue weighted by Gasteiger charge is -2.12. The first-order chi connectivity index (χ1) is 7.83. The first kappa shape index (κ1) is 13.0. The Balaban J connectivity index is 2.00. The maximum atomic E-state index is 5.56. The quantitative estimate of drug-likeness (QED) is 0.687. The zero-order valence-corrected chi connectivity index (χ0v) is 10.1. The minimum Gasteiger partial charge on any atom is -0.385 e. The predicted molar refractivity (Wildman–Crippen MR) is 66.8 cm³/mol. The van der Waals surface area contributed by atoms with E-state index in [4.69, 9.17) is 9.47 Å². The van der Waals surface area contributed by atoms with Crippen LogP contribution in [0.25, 0.3) is 0 Å². The van der Waals surface area contributed by atoms with Crippen LogP contribution in [0, 0.1) is 0 Å². The van der Waals surface area contributed by atoms with E-state index < -0.39 is 0 Å². The van der Waals surface area contributed by atoms with Crippen LogP contribution in [0.1, 0.15) is 13.3 Å². The molecule has 1 aromatic rings. The summed E-state index contributed by atoms with van der Waals surface area (Å²) >= 11 is 0. The molecule has 16 heavy (non-hydrogen) atoms. The van der Waals surface area contributed by atoms with E-state index >= 15 is 0 Å². The number of anilines is 1.